The van der Waals surface area contributed by atoms with Crippen LogP contribution in [0.15, 0.2) is 59.9 Å². The Morgan fingerprint density at radius 2 is 1.85 bits per heavy atom. The van der Waals surface area contributed by atoms with Crippen LogP contribution in [-0.4, -0.2) is 29.4 Å². The van der Waals surface area contributed by atoms with Gasteiger partial charge in [0.2, 0.25) is 5.16 Å². The van der Waals surface area contributed by atoms with E-state index in [9.17, 15) is 4.21 Å². The topological polar surface area (TPSA) is 73.6 Å². The van der Waals surface area contributed by atoms with Crippen molar-refractivity contribution in [1.29, 1.82) is 0 Å². The number of para-hydroxylation sites is 1. The van der Waals surface area contributed by atoms with Crippen molar-refractivity contribution in [2.45, 2.75) is 10.9 Å². The summed E-state index contributed by atoms with van der Waals surface area (Å²) in [4.78, 5) is 4.16. The van der Waals surface area contributed by atoms with E-state index in [1.165, 1.54) is 4.68 Å². The molecule has 7 heteroatoms. The van der Waals surface area contributed by atoms with Gasteiger partial charge in [0.25, 0.3) is 0 Å². The summed E-state index contributed by atoms with van der Waals surface area (Å²) in [5.41, 5.74) is 1.52. The van der Waals surface area contributed by atoms with Gasteiger partial charge < -0.3 is 0 Å². The van der Waals surface area contributed by atoms with Gasteiger partial charge in [-0.2, -0.15) is 4.68 Å². The first-order valence-corrected chi connectivity index (χ1v) is 7.28. The second-order valence-corrected chi connectivity index (χ2v) is 5.36. The molecule has 3 rings (SSSR count). The van der Waals surface area contributed by atoms with Gasteiger partial charge in [0.15, 0.2) is 0 Å². The zero-order valence-electron chi connectivity index (χ0n) is 10.5. The molecule has 2 heterocycles. The zero-order chi connectivity index (χ0) is 13.8. The highest BCUT2D eigenvalue weighted by Gasteiger charge is 2.16. The van der Waals surface area contributed by atoms with Gasteiger partial charge >= 0.3 is 0 Å². The molecule has 0 aliphatic rings. The fourth-order valence-electron chi connectivity index (χ4n) is 1.73. The lowest BCUT2D eigenvalue weighted by Crippen LogP contribution is -2.07. The van der Waals surface area contributed by atoms with E-state index in [0.29, 0.717) is 5.16 Å². The van der Waals surface area contributed by atoms with Crippen LogP contribution in [0.25, 0.3) is 5.69 Å². The molecular formula is C13H11N5OS. The van der Waals surface area contributed by atoms with Gasteiger partial charge in [-0.05, 0) is 34.7 Å². The molecule has 1 aromatic carbocycles. The predicted octanol–water partition coefficient (Wildman–Crippen LogP) is 1.37. The molecule has 0 saturated carbocycles. The van der Waals surface area contributed by atoms with Crippen molar-refractivity contribution in [3.8, 4) is 5.69 Å². The van der Waals surface area contributed by atoms with Crippen LogP contribution in [0.5, 0.6) is 0 Å². The summed E-state index contributed by atoms with van der Waals surface area (Å²) < 4.78 is 13.9. The van der Waals surface area contributed by atoms with Gasteiger partial charge in [-0.3, -0.25) is 9.19 Å². The molecule has 100 valence electrons. The van der Waals surface area contributed by atoms with Crippen molar-refractivity contribution in [3.05, 3.63) is 60.4 Å². The van der Waals surface area contributed by atoms with Gasteiger partial charge in [-0.1, -0.05) is 29.4 Å². The third-order valence-electron chi connectivity index (χ3n) is 2.65. The first-order chi connectivity index (χ1) is 9.84. The average molecular weight is 285 g/mol. The standard InChI is InChI=1S/C13H11N5OS/c19-20(10-11-6-4-5-9-14-11)13-15-16-17-18(13)12-7-2-1-3-8-12/h1-9H,10H2. The number of benzene rings is 1. The summed E-state index contributed by atoms with van der Waals surface area (Å²) in [7, 11) is -1.35. The highest BCUT2D eigenvalue weighted by Crippen LogP contribution is 2.12. The molecule has 0 aliphatic heterocycles. The second kappa shape index (κ2) is 5.70. The summed E-state index contributed by atoms with van der Waals surface area (Å²) in [6.45, 7) is 0. The number of hydrogen-bond donors (Lipinski definition) is 0. The highest BCUT2D eigenvalue weighted by atomic mass is 32.2. The van der Waals surface area contributed by atoms with Gasteiger partial charge in [0.05, 0.1) is 27.9 Å². The monoisotopic (exact) mass is 285 g/mol. The molecule has 0 bridgehead atoms. The molecule has 0 saturated heterocycles. The summed E-state index contributed by atoms with van der Waals surface area (Å²) in [6.07, 6.45) is 1.67. The molecule has 20 heavy (non-hydrogen) atoms. The first kappa shape index (κ1) is 12.6. The molecular weight excluding hydrogens is 274 g/mol. The van der Waals surface area contributed by atoms with Crippen LogP contribution in [0.1, 0.15) is 5.69 Å². The summed E-state index contributed by atoms with van der Waals surface area (Å²) >= 11 is 0. The smallest absolute Gasteiger partial charge is 0.244 e. The minimum atomic E-state index is -1.35. The lowest BCUT2D eigenvalue weighted by molar-refractivity contribution is 0.665. The minimum absolute atomic E-state index is 0.286. The summed E-state index contributed by atoms with van der Waals surface area (Å²) in [5.74, 6) is 0.286. The zero-order valence-corrected chi connectivity index (χ0v) is 11.3. The van der Waals surface area contributed by atoms with Crippen LogP contribution in [0.2, 0.25) is 0 Å². The third kappa shape index (κ3) is 2.62. The number of hydrogen-bond acceptors (Lipinski definition) is 5. The van der Waals surface area contributed by atoms with E-state index in [1.807, 2.05) is 48.5 Å². The molecule has 0 radical (unpaired) electrons. The molecule has 1 atom stereocenters. The Kier molecular flexibility index (Phi) is 3.60. The Morgan fingerprint density at radius 1 is 1.05 bits per heavy atom. The molecule has 0 spiro atoms. The van der Waals surface area contributed by atoms with Crippen LogP contribution >= 0.6 is 0 Å². The average Bonchev–Trinajstić information content (AvgIpc) is 2.99. The molecule has 6 nitrogen and oxygen atoms in total. The van der Waals surface area contributed by atoms with Crippen molar-refractivity contribution in [2.24, 2.45) is 0 Å². The molecule has 0 amide bonds. The molecule has 0 N–H and O–H groups in total. The predicted molar refractivity (Wildman–Crippen MR) is 73.5 cm³/mol. The SMILES string of the molecule is O=S(Cc1ccccn1)c1nnnn1-c1ccccc1. The molecule has 2 aromatic heterocycles. The molecule has 3 aromatic rings. The van der Waals surface area contributed by atoms with Crippen molar-refractivity contribution < 1.29 is 4.21 Å². The van der Waals surface area contributed by atoms with Crippen LogP contribution in [0, 0.1) is 0 Å². The van der Waals surface area contributed by atoms with Gasteiger partial charge in [-0.25, -0.2) is 0 Å². The van der Waals surface area contributed by atoms with Crippen LogP contribution in [-0.2, 0) is 16.6 Å². The largest absolute Gasteiger partial charge is 0.260 e. The van der Waals surface area contributed by atoms with Gasteiger partial charge in [0, 0.05) is 6.20 Å². The van der Waals surface area contributed by atoms with Crippen LogP contribution in [0.3, 0.4) is 0 Å². The summed E-state index contributed by atoms with van der Waals surface area (Å²) in [5, 5.41) is 11.7. The number of rotatable bonds is 4. The van der Waals surface area contributed by atoms with E-state index in [0.717, 1.165) is 11.4 Å². The Hall–Kier alpha value is -2.41. The highest BCUT2D eigenvalue weighted by molar-refractivity contribution is 7.84. The van der Waals surface area contributed by atoms with Crippen molar-refractivity contribution in [2.75, 3.05) is 0 Å². The van der Waals surface area contributed by atoms with E-state index < -0.39 is 10.8 Å². The third-order valence-corrected chi connectivity index (χ3v) is 3.87. The van der Waals surface area contributed by atoms with Crippen LogP contribution < -0.4 is 0 Å². The molecule has 0 aliphatic carbocycles. The van der Waals surface area contributed by atoms with Gasteiger partial charge in [0.1, 0.15) is 0 Å². The lowest BCUT2D eigenvalue weighted by Gasteiger charge is -2.03. The van der Waals surface area contributed by atoms with Crippen molar-refractivity contribution in [3.63, 3.8) is 0 Å². The fraction of sp³-hybridized carbons (Fsp3) is 0.0769. The summed E-state index contributed by atoms with van der Waals surface area (Å²) in [6, 6.07) is 14.9. The Labute approximate surface area is 117 Å². The van der Waals surface area contributed by atoms with E-state index in [2.05, 4.69) is 20.5 Å². The van der Waals surface area contributed by atoms with E-state index in [4.69, 9.17) is 0 Å². The number of nitrogens with zero attached hydrogens (tertiary/aromatic N) is 5. The maximum Gasteiger partial charge on any atom is 0.244 e. The number of tetrazole rings is 1. The number of aromatic nitrogens is 5. The van der Waals surface area contributed by atoms with Crippen molar-refractivity contribution in [1.82, 2.24) is 25.2 Å². The quantitative estimate of drug-likeness (QED) is 0.723. The maximum absolute atomic E-state index is 12.4. The number of pyridine rings is 1. The lowest BCUT2D eigenvalue weighted by atomic mass is 10.3. The van der Waals surface area contributed by atoms with Crippen molar-refractivity contribution >= 4 is 10.8 Å². The first-order valence-electron chi connectivity index (χ1n) is 5.97. The fourth-order valence-corrected chi connectivity index (χ4v) is 2.77. The molecule has 1 unspecified atom stereocenters. The van der Waals surface area contributed by atoms with Crippen LogP contribution in [0.4, 0.5) is 0 Å². The maximum atomic E-state index is 12.4. The van der Waals surface area contributed by atoms with Gasteiger partial charge in [-0.15, -0.1) is 0 Å². The Bertz CT molecular complexity index is 714. The normalized spacial score (nSPS) is 12.2. The van der Waals surface area contributed by atoms with E-state index in [-0.39, 0.29) is 5.75 Å². The molecule has 0 fully saturated rings. The Morgan fingerprint density at radius 3 is 2.60 bits per heavy atom. The Balaban J connectivity index is 1.88. The van der Waals surface area contributed by atoms with E-state index in [1.54, 1.807) is 6.20 Å². The second-order valence-electron chi connectivity index (χ2n) is 4.02. The van der Waals surface area contributed by atoms with E-state index >= 15 is 0 Å². The minimum Gasteiger partial charge on any atom is -0.260 e.